The third-order valence-electron chi connectivity index (χ3n) is 3.46. The van der Waals surface area contributed by atoms with Crippen LogP contribution in [0.5, 0.6) is 0 Å². The first-order chi connectivity index (χ1) is 8.24. The quantitative estimate of drug-likeness (QED) is 0.821. The van der Waals surface area contributed by atoms with Crippen molar-refractivity contribution in [3.8, 4) is 0 Å². The second-order valence-electron chi connectivity index (χ2n) is 4.63. The first-order valence-corrected chi connectivity index (χ1v) is 6.25. The van der Waals surface area contributed by atoms with Crippen LogP contribution in [0.4, 0.5) is 0 Å². The lowest BCUT2D eigenvalue weighted by Crippen LogP contribution is -2.42. The van der Waals surface area contributed by atoms with Gasteiger partial charge in [0, 0.05) is 24.8 Å². The van der Waals surface area contributed by atoms with E-state index in [9.17, 15) is 4.79 Å². The van der Waals surface area contributed by atoms with E-state index in [2.05, 4.69) is 10.2 Å². The van der Waals surface area contributed by atoms with E-state index in [1.54, 1.807) is 6.20 Å². The molecule has 1 aromatic rings. The maximum absolute atomic E-state index is 12.4. The van der Waals surface area contributed by atoms with E-state index in [1.807, 2.05) is 11.8 Å². The number of aryl methyl sites for hydroxylation is 1. The fourth-order valence-electron chi connectivity index (χ4n) is 2.53. The highest BCUT2D eigenvalue weighted by Crippen LogP contribution is 2.24. The molecule has 1 amide bonds. The molecule has 1 heterocycles. The molecule has 1 aliphatic rings. The number of hydrogen-bond donors (Lipinski definition) is 2. The Kier molecular flexibility index (Phi) is 3.78. The Morgan fingerprint density at radius 3 is 2.82 bits per heavy atom. The van der Waals surface area contributed by atoms with E-state index in [1.165, 1.54) is 12.8 Å². The smallest absolute Gasteiger partial charge is 0.257 e. The van der Waals surface area contributed by atoms with Crippen LogP contribution >= 0.6 is 0 Å². The SMILES string of the molecule is Cc1[nH]ncc1C(=O)N(CCN)C1CCCC1. The van der Waals surface area contributed by atoms with Gasteiger partial charge in [0.15, 0.2) is 0 Å². The van der Waals surface area contributed by atoms with Gasteiger partial charge in [0.2, 0.25) is 0 Å². The Balaban J connectivity index is 2.15. The lowest BCUT2D eigenvalue weighted by Gasteiger charge is -2.28. The number of nitrogens with two attached hydrogens (primary N) is 1. The monoisotopic (exact) mass is 236 g/mol. The van der Waals surface area contributed by atoms with E-state index >= 15 is 0 Å². The summed E-state index contributed by atoms with van der Waals surface area (Å²) in [4.78, 5) is 14.3. The second kappa shape index (κ2) is 5.31. The molecule has 0 aliphatic heterocycles. The largest absolute Gasteiger partial charge is 0.334 e. The van der Waals surface area contributed by atoms with Crippen LogP contribution in [0.3, 0.4) is 0 Å². The molecule has 94 valence electrons. The molecule has 0 spiro atoms. The van der Waals surface area contributed by atoms with Gasteiger partial charge in [-0.3, -0.25) is 9.89 Å². The summed E-state index contributed by atoms with van der Waals surface area (Å²) >= 11 is 0. The van der Waals surface area contributed by atoms with E-state index in [0.717, 1.165) is 18.5 Å². The highest BCUT2D eigenvalue weighted by molar-refractivity contribution is 5.95. The number of H-pyrrole nitrogens is 1. The number of nitrogens with zero attached hydrogens (tertiary/aromatic N) is 2. The molecule has 1 aromatic heterocycles. The summed E-state index contributed by atoms with van der Waals surface area (Å²) in [6, 6.07) is 0.361. The minimum atomic E-state index is 0.0635. The molecule has 1 aliphatic carbocycles. The Bertz CT molecular complexity index is 382. The standard InChI is InChI=1S/C12H20N4O/c1-9-11(8-14-15-9)12(17)16(7-6-13)10-4-2-3-5-10/h8,10H,2-7,13H2,1H3,(H,14,15). The maximum atomic E-state index is 12.4. The van der Waals surface area contributed by atoms with Crippen molar-refractivity contribution in [3.63, 3.8) is 0 Å². The molecule has 0 unspecified atom stereocenters. The van der Waals surface area contributed by atoms with Crippen LogP contribution in [0.1, 0.15) is 41.7 Å². The molecule has 2 rings (SSSR count). The number of aromatic nitrogens is 2. The maximum Gasteiger partial charge on any atom is 0.257 e. The third-order valence-corrected chi connectivity index (χ3v) is 3.46. The Labute approximate surface area is 101 Å². The van der Waals surface area contributed by atoms with Crippen LogP contribution in [0.15, 0.2) is 6.20 Å². The summed E-state index contributed by atoms with van der Waals surface area (Å²) in [6.45, 7) is 3.02. The van der Waals surface area contributed by atoms with Gasteiger partial charge in [-0.25, -0.2) is 0 Å². The number of rotatable bonds is 4. The molecule has 5 nitrogen and oxygen atoms in total. The van der Waals surface area contributed by atoms with Crippen LogP contribution in [-0.4, -0.2) is 40.1 Å². The van der Waals surface area contributed by atoms with Crippen LogP contribution in [0.2, 0.25) is 0 Å². The van der Waals surface area contributed by atoms with Gasteiger partial charge in [-0.15, -0.1) is 0 Å². The zero-order chi connectivity index (χ0) is 12.3. The molecule has 0 atom stereocenters. The summed E-state index contributed by atoms with van der Waals surface area (Å²) < 4.78 is 0. The highest BCUT2D eigenvalue weighted by atomic mass is 16.2. The Hall–Kier alpha value is -1.36. The summed E-state index contributed by atoms with van der Waals surface area (Å²) in [5.74, 6) is 0.0635. The average molecular weight is 236 g/mol. The number of carbonyl (C=O) groups is 1. The molecule has 0 bridgehead atoms. The Morgan fingerprint density at radius 2 is 2.29 bits per heavy atom. The van der Waals surface area contributed by atoms with Crippen molar-refractivity contribution < 1.29 is 4.79 Å². The number of amides is 1. The fraction of sp³-hybridized carbons (Fsp3) is 0.667. The zero-order valence-corrected chi connectivity index (χ0v) is 10.3. The lowest BCUT2D eigenvalue weighted by atomic mass is 10.1. The van der Waals surface area contributed by atoms with Crippen molar-refractivity contribution in [3.05, 3.63) is 17.5 Å². The van der Waals surface area contributed by atoms with Gasteiger partial charge >= 0.3 is 0 Å². The number of carbonyl (C=O) groups excluding carboxylic acids is 1. The number of hydrogen-bond acceptors (Lipinski definition) is 3. The van der Waals surface area contributed by atoms with Gasteiger partial charge in [-0.2, -0.15) is 5.10 Å². The fourth-order valence-corrected chi connectivity index (χ4v) is 2.53. The highest BCUT2D eigenvalue weighted by Gasteiger charge is 2.28. The first kappa shape index (κ1) is 12.1. The molecule has 1 saturated carbocycles. The van der Waals surface area contributed by atoms with Gasteiger partial charge < -0.3 is 10.6 Å². The molecule has 0 saturated heterocycles. The summed E-state index contributed by atoms with van der Waals surface area (Å²) in [5, 5.41) is 6.72. The van der Waals surface area contributed by atoms with Gasteiger partial charge in [-0.1, -0.05) is 12.8 Å². The first-order valence-electron chi connectivity index (χ1n) is 6.25. The van der Waals surface area contributed by atoms with Crippen molar-refractivity contribution in [2.45, 2.75) is 38.6 Å². The molecule has 17 heavy (non-hydrogen) atoms. The zero-order valence-electron chi connectivity index (χ0n) is 10.3. The van der Waals surface area contributed by atoms with Crippen LogP contribution < -0.4 is 5.73 Å². The molecule has 3 N–H and O–H groups in total. The van der Waals surface area contributed by atoms with E-state index < -0.39 is 0 Å². The lowest BCUT2D eigenvalue weighted by molar-refractivity contribution is 0.0687. The molecule has 5 heteroatoms. The van der Waals surface area contributed by atoms with Gasteiger partial charge in [-0.05, 0) is 19.8 Å². The molecular weight excluding hydrogens is 216 g/mol. The van der Waals surface area contributed by atoms with E-state index in [4.69, 9.17) is 5.73 Å². The number of nitrogens with one attached hydrogen (secondary N) is 1. The molecular formula is C12H20N4O. The predicted octanol–water partition coefficient (Wildman–Crippen LogP) is 1.06. The van der Waals surface area contributed by atoms with Crippen LogP contribution in [-0.2, 0) is 0 Å². The van der Waals surface area contributed by atoms with Gasteiger partial charge in [0.05, 0.1) is 11.8 Å². The van der Waals surface area contributed by atoms with Crippen molar-refractivity contribution in [2.75, 3.05) is 13.1 Å². The summed E-state index contributed by atoms with van der Waals surface area (Å²) in [6.07, 6.45) is 6.23. The average Bonchev–Trinajstić information content (AvgIpc) is 2.95. The second-order valence-corrected chi connectivity index (χ2v) is 4.63. The van der Waals surface area contributed by atoms with E-state index in [0.29, 0.717) is 24.7 Å². The van der Waals surface area contributed by atoms with Gasteiger partial charge in [0.1, 0.15) is 0 Å². The normalized spacial score (nSPS) is 16.4. The topological polar surface area (TPSA) is 75.0 Å². The van der Waals surface area contributed by atoms with Crippen molar-refractivity contribution in [1.29, 1.82) is 0 Å². The van der Waals surface area contributed by atoms with Crippen molar-refractivity contribution in [1.82, 2.24) is 15.1 Å². The minimum Gasteiger partial charge on any atom is -0.334 e. The minimum absolute atomic E-state index is 0.0635. The molecule has 1 fully saturated rings. The Morgan fingerprint density at radius 1 is 1.59 bits per heavy atom. The van der Waals surface area contributed by atoms with Crippen LogP contribution in [0.25, 0.3) is 0 Å². The van der Waals surface area contributed by atoms with Crippen molar-refractivity contribution in [2.24, 2.45) is 5.73 Å². The third kappa shape index (κ3) is 2.49. The molecule has 0 radical (unpaired) electrons. The van der Waals surface area contributed by atoms with E-state index in [-0.39, 0.29) is 5.91 Å². The van der Waals surface area contributed by atoms with Crippen molar-refractivity contribution >= 4 is 5.91 Å². The summed E-state index contributed by atoms with van der Waals surface area (Å²) in [7, 11) is 0. The van der Waals surface area contributed by atoms with Gasteiger partial charge in [0.25, 0.3) is 5.91 Å². The molecule has 0 aromatic carbocycles. The van der Waals surface area contributed by atoms with Crippen LogP contribution in [0, 0.1) is 6.92 Å². The predicted molar refractivity (Wildman–Crippen MR) is 65.7 cm³/mol. The summed E-state index contributed by atoms with van der Waals surface area (Å²) in [5.41, 5.74) is 7.11. The number of aromatic amines is 1.